The van der Waals surface area contributed by atoms with Crippen LogP contribution in [0, 0.1) is 0 Å². The van der Waals surface area contributed by atoms with Gasteiger partial charge >= 0.3 is 5.97 Å². The van der Waals surface area contributed by atoms with Crippen LogP contribution in [0.25, 0.3) is 11.0 Å². The maximum Gasteiger partial charge on any atom is 0.306 e. The smallest absolute Gasteiger partial charge is 0.306 e. The number of fused-ring (bicyclic) bond motifs is 1. The molecule has 4 heteroatoms. The fourth-order valence-electron chi connectivity index (χ4n) is 1.72. The highest BCUT2D eigenvalue weighted by molar-refractivity contribution is 5.80. The van der Waals surface area contributed by atoms with E-state index >= 15 is 0 Å². The van der Waals surface area contributed by atoms with Gasteiger partial charge in [0.05, 0.1) is 12.9 Å². The summed E-state index contributed by atoms with van der Waals surface area (Å²) in [4.78, 5) is 11.2. The van der Waals surface area contributed by atoms with Gasteiger partial charge < -0.3 is 14.3 Å². The number of esters is 1. The molecule has 0 atom stereocenters. The molecule has 0 aliphatic rings. The zero-order valence-corrected chi connectivity index (χ0v) is 9.60. The van der Waals surface area contributed by atoms with Gasteiger partial charge in [-0.1, -0.05) is 0 Å². The van der Waals surface area contributed by atoms with Crippen LogP contribution in [0.5, 0.6) is 5.75 Å². The lowest BCUT2D eigenvalue weighted by molar-refractivity contribution is -0.143. The lowest BCUT2D eigenvalue weighted by atomic mass is 10.1. The van der Waals surface area contributed by atoms with E-state index in [2.05, 4.69) is 0 Å². The third-order valence-electron chi connectivity index (χ3n) is 2.56. The predicted molar refractivity (Wildman–Crippen MR) is 62.8 cm³/mol. The van der Waals surface area contributed by atoms with Crippen LogP contribution < -0.4 is 0 Å². The van der Waals surface area contributed by atoms with Gasteiger partial charge in [0.25, 0.3) is 0 Å². The number of benzene rings is 1. The van der Waals surface area contributed by atoms with Crippen molar-refractivity contribution >= 4 is 16.9 Å². The zero-order chi connectivity index (χ0) is 12.3. The van der Waals surface area contributed by atoms with Gasteiger partial charge in [-0.2, -0.15) is 0 Å². The van der Waals surface area contributed by atoms with Gasteiger partial charge in [-0.15, -0.1) is 0 Å². The van der Waals surface area contributed by atoms with Gasteiger partial charge in [0.1, 0.15) is 11.3 Å². The molecule has 1 aromatic carbocycles. The summed E-state index contributed by atoms with van der Waals surface area (Å²) in [6.45, 7) is 2.15. The molecule has 0 saturated carbocycles. The van der Waals surface area contributed by atoms with E-state index in [1.165, 1.54) is 0 Å². The molecule has 1 N–H and O–H groups in total. The summed E-state index contributed by atoms with van der Waals surface area (Å²) in [5, 5.41) is 10.7. The fourth-order valence-corrected chi connectivity index (χ4v) is 1.72. The largest absolute Gasteiger partial charge is 0.508 e. The second-order valence-electron chi connectivity index (χ2n) is 3.74. The molecule has 17 heavy (non-hydrogen) atoms. The lowest BCUT2D eigenvalue weighted by Crippen LogP contribution is -2.05. The van der Waals surface area contributed by atoms with Gasteiger partial charge in [-0.3, -0.25) is 4.79 Å². The van der Waals surface area contributed by atoms with E-state index in [1.54, 1.807) is 19.3 Å². The Balaban J connectivity index is 2.12. The number of carbonyl (C=O) groups excluding carboxylic acids is 1. The van der Waals surface area contributed by atoms with Gasteiger partial charge in [-0.05, 0) is 31.0 Å². The third-order valence-corrected chi connectivity index (χ3v) is 2.56. The molecule has 4 nitrogen and oxygen atoms in total. The first-order chi connectivity index (χ1) is 8.20. The third kappa shape index (κ3) is 2.58. The normalized spacial score (nSPS) is 10.6. The molecule has 0 fully saturated rings. The Bertz CT molecular complexity index is 527. The van der Waals surface area contributed by atoms with Crippen LogP contribution >= 0.6 is 0 Å². The molecule has 1 heterocycles. The molecule has 0 bridgehead atoms. The maximum atomic E-state index is 11.2. The Morgan fingerprint density at radius 1 is 1.47 bits per heavy atom. The number of rotatable bonds is 4. The van der Waals surface area contributed by atoms with Gasteiger partial charge in [0.2, 0.25) is 0 Å². The second kappa shape index (κ2) is 4.91. The van der Waals surface area contributed by atoms with Crippen molar-refractivity contribution in [2.45, 2.75) is 19.8 Å². The molecule has 0 amide bonds. The number of phenols is 1. The molecule has 0 aliphatic heterocycles. The summed E-state index contributed by atoms with van der Waals surface area (Å²) in [6.07, 6.45) is 2.30. The van der Waals surface area contributed by atoms with Gasteiger partial charge in [0.15, 0.2) is 0 Å². The van der Waals surface area contributed by atoms with Crippen LogP contribution in [0.2, 0.25) is 0 Å². The highest BCUT2D eigenvalue weighted by Crippen LogP contribution is 2.26. The molecular weight excluding hydrogens is 220 g/mol. The van der Waals surface area contributed by atoms with Crippen molar-refractivity contribution in [2.75, 3.05) is 6.61 Å². The molecular formula is C13H14O4. The second-order valence-corrected chi connectivity index (χ2v) is 3.74. The highest BCUT2D eigenvalue weighted by Gasteiger charge is 2.09. The average molecular weight is 234 g/mol. The molecule has 0 saturated heterocycles. The van der Waals surface area contributed by atoms with Crippen molar-refractivity contribution in [3.8, 4) is 5.75 Å². The van der Waals surface area contributed by atoms with Crippen LogP contribution in [-0.2, 0) is 16.0 Å². The minimum absolute atomic E-state index is 0.150. The van der Waals surface area contributed by atoms with Crippen molar-refractivity contribution in [1.29, 1.82) is 0 Å². The molecule has 90 valence electrons. The summed E-state index contributed by atoms with van der Waals surface area (Å²) in [5.74, 6) is -0.101. The minimum atomic E-state index is -0.251. The molecule has 2 rings (SSSR count). The summed E-state index contributed by atoms with van der Waals surface area (Å²) >= 11 is 0. The Morgan fingerprint density at radius 3 is 3.06 bits per heavy atom. The van der Waals surface area contributed by atoms with Crippen molar-refractivity contribution < 1.29 is 19.1 Å². The fraction of sp³-hybridized carbons (Fsp3) is 0.308. The van der Waals surface area contributed by atoms with E-state index < -0.39 is 0 Å². The summed E-state index contributed by atoms with van der Waals surface area (Å²) in [7, 11) is 0. The monoisotopic (exact) mass is 234 g/mol. The molecule has 0 unspecified atom stereocenters. The molecule has 0 radical (unpaired) electrons. The van der Waals surface area contributed by atoms with Crippen LogP contribution in [0.15, 0.2) is 28.9 Å². The van der Waals surface area contributed by atoms with Crippen LogP contribution in [0.1, 0.15) is 18.9 Å². The van der Waals surface area contributed by atoms with E-state index in [-0.39, 0.29) is 18.1 Å². The predicted octanol–water partition coefficient (Wildman–Crippen LogP) is 2.63. The number of hydrogen-bond acceptors (Lipinski definition) is 4. The van der Waals surface area contributed by atoms with E-state index in [9.17, 15) is 9.90 Å². The van der Waals surface area contributed by atoms with Gasteiger partial charge in [0, 0.05) is 17.9 Å². The number of aromatic hydroxyl groups is 1. The molecule has 2 aromatic rings. The lowest BCUT2D eigenvalue weighted by Gasteiger charge is -2.04. The first-order valence-corrected chi connectivity index (χ1v) is 5.55. The Morgan fingerprint density at radius 2 is 2.29 bits per heavy atom. The minimum Gasteiger partial charge on any atom is -0.508 e. The van der Waals surface area contributed by atoms with Crippen LogP contribution in [0.3, 0.4) is 0 Å². The summed E-state index contributed by atoms with van der Waals surface area (Å²) in [6, 6.07) is 5.21. The van der Waals surface area contributed by atoms with Crippen LogP contribution in [-0.4, -0.2) is 17.7 Å². The number of aryl methyl sites for hydroxylation is 1. The van der Waals surface area contributed by atoms with Crippen molar-refractivity contribution in [1.82, 2.24) is 0 Å². The maximum absolute atomic E-state index is 11.2. The summed E-state index contributed by atoms with van der Waals surface area (Å²) < 4.78 is 10.0. The standard InChI is InChI=1S/C13H14O4/c1-2-16-13(15)4-3-9-7-10-5-6-17-12(10)8-11(9)14/h5-8,14H,2-4H2,1H3. The van der Waals surface area contributed by atoms with Crippen molar-refractivity contribution in [2.24, 2.45) is 0 Å². The van der Waals surface area contributed by atoms with Gasteiger partial charge in [-0.25, -0.2) is 0 Å². The number of carbonyl (C=O) groups is 1. The van der Waals surface area contributed by atoms with E-state index in [1.807, 2.05) is 12.1 Å². The SMILES string of the molecule is CCOC(=O)CCc1cc2ccoc2cc1O. The Labute approximate surface area is 98.8 Å². The zero-order valence-electron chi connectivity index (χ0n) is 9.60. The Kier molecular flexibility index (Phi) is 3.32. The Hall–Kier alpha value is -1.97. The summed E-state index contributed by atoms with van der Waals surface area (Å²) in [5.41, 5.74) is 1.37. The number of ether oxygens (including phenoxy) is 1. The molecule has 1 aromatic heterocycles. The quantitative estimate of drug-likeness (QED) is 0.826. The molecule has 0 spiro atoms. The van der Waals surface area contributed by atoms with Crippen LogP contribution in [0.4, 0.5) is 0 Å². The first-order valence-electron chi connectivity index (χ1n) is 5.55. The van der Waals surface area contributed by atoms with E-state index in [0.717, 1.165) is 10.9 Å². The number of furan rings is 1. The van der Waals surface area contributed by atoms with Crippen molar-refractivity contribution in [3.63, 3.8) is 0 Å². The average Bonchev–Trinajstić information content (AvgIpc) is 2.73. The number of phenolic OH excluding ortho intramolecular Hbond substituents is 1. The van der Waals surface area contributed by atoms with E-state index in [4.69, 9.17) is 9.15 Å². The highest BCUT2D eigenvalue weighted by atomic mass is 16.5. The van der Waals surface area contributed by atoms with E-state index in [0.29, 0.717) is 18.6 Å². The topological polar surface area (TPSA) is 59.7 Å². The van der Waals surface area contributed by atoms with Crippen molar-refractivity contribution in [3.05, 3.63) is 30.0 Å². The first kappa shape index (κ1) is 11.5. The molecule has 0 aliphatic carbocycles. The number of hydrogen-bond donors (Lipinski definition) is 1.